The molecule has 0 atom stereocenters. The summed E-state index contributed by atoms with van der Waals surface area (Å²) in [4.78, 5) is 21.1. The van der Waals surface area contributed by atoms with Crippen molar-refractivity contribution in [3.05, 3.63) is 11.6 Å². The summed E-state index contributed by atoms with van der Waals surface area (Å²) in [6, 6.07) is 0. The van der Waals surface area contributed by atoms with Crippen molar-refractivity contribution in [3.63, 3.8) is 0 Å². The second kappa shape index (κ2) is 5.77. The van der Waals surface area contributed by atoms with Gasteiger partial charge >= 0.3 is 11.9 Å². The lowest BCUT2D eigenvalue weighted by Crippen LogP contribution is -2.08. The molecule has 68 valence electrons. The molecule has 0 aromatic carbocycles. The number of halogens is 1. The number of aliphatic carboxylic acids is 1. The fraction of sp³-hybridized carbons (Fsp3) is 0.429. The zero-order chi connectivity index (χ0) is 9.56. The first kappa shape index (κ1) is 11.2. The summed E-state index contributed by atoms with van der Waals surface area (Å²) in [6.07, 6.45) is 1.22. The molecule has 1 N–H and O–H groups in total. The number of carboxylic acids is 1. The minimum atomic E-state index is -1.10. The molecule has 0 spiro atoms. The molecule has 0 heterocycles. The second-order valence-electron chi connectivity index (χ2n) is 1.94. The fourth-order valence-corrected chi connectivity index (χ4v) is 0.947. The van der Waals surface area contributed by atoms with Crippen LogP contribution in [0.4, 0.5) is 0 Å². The lowest BCUT2D eigenvalue weighted by Gasteiger charge is -1.99. The molecule has 0 amide bonds. The van der Waals surface area contributed by atoms with E-state index in [4.69, 9.17) is 5.11 Å². The monoisotopic (exact) mass is 236 g/mol. The number of methoxy groups -OCH3 is 1. The minimum Gasteiger partial charge on any atom is -0.478 e. The van der Waals surface area contributed by atoms with Gasteiger partial charge in [-0.25, -0.2) is 4.79 Å². The summed E-state index contributed by atoms with van der Waals surface area (Å²) in [5, 5.41) is 8.96. The molecule has 0 rings (SSSR count). The fourth-order valence-electron chi connectivity index (χ4n) is 0.556. The molecule has 0 aliphatic heterocycles. The maximum atomic E-state index is 10.7. The molecule has 0 radical (unpaired) electrons. The number of carboxylic acid groups (broad SMARTS) is 1. The number of carbonyl (C=O) groups excluding carboxylic acids is 1. The molecule has 4 nitrogen and oxygen atoms in total. The Bertz CT molecular complexity index is 209. The van der Waals surface area contributed by atoms with Crippen LogP contribution in [0.2, 0.25) is 0 Å². The maximum absolute atomic E-state index is 10.7. The topological polar surface area (TPSA) is 63.6 Å². The van der Waals surface area contributed by atoms with Crippen LogP contribution in [-0.4, -0.2) is 29.5 Å². The zero-order valence-corrected chi connectivity index (χ0v) is 8.13. The smallest absolute Gasteiger partial charge is 0.331 e. The standard InChI is InChI=1S/C7H9BrO4/c1-12-6(9)4-5(2-3-8)7(10)11/h2H,3-4H2,1H3,(H,10,11). The van der Waals surface area contributed by atoms with E-state index in [1.54, 1.807) is 0 Å². The first-order chi connectivity index (χ1) is 5.61. The number of allylic oxidation sites excluding steroid dienone is 1. The van der Waals surface area contributed by atoms with Crippen molar-refractivity contribution in [3.8, 4) is 0 Å². The van der Waals surface area contributed by atoms with Crippen molar-refractivity contribution in [2.75, 3.05) is 12.4 Å². The number of ether oxygens (including phenoxy) is 1. The average Bonchev–Trinajstić information content (AvgIpc) is 2.03. The second-order valence-corrected chi connectivity index (χ2v) is 2.59. The molecule has 12 heavy (non-hydrogen) atoms. The van der Waals surface area contributed by atoms with Crippen molar-refractivity contribution >= 4 is 27.9 Å². The molecule has 0 aliphatic carbocycles. The molecular formula is C7H9BrO4. The molecule has 0 aliphatic rings. The molecule has 0 saturated heterocycles. The van der Waals surface area contributed by atoms with Crippen LogP contribution in [0.1, 0.15) is 6.42 Å². The van der Waals surface area contributed by atoms with E-state index in [9.17, 15) is 9.59 Å². The van der Waals surface area contributed by atoms with Crippen LogP contribution in [0, 0.1) is 0 Å². The van der Waals surface area contributed by atoms with Crippen LogP contribution in [0.15, 0.2) is 11.6 Å². The summed E-state index contributed by atoms with van der Waals surface area (Å²) >= 11 is 3.04. The van der Waals surface area contributed by atoms with Gasteiger partial charge in [0.1, 0.15) is 0 Å². The molecule has 0 aromatic heterocycles. The Morgan fingerprint density at radius 2 is 2.17 bits per heavy atom. The summed E-state index contributed by atoms with van der Waals surface area (Å²) < 4.78 is 4.32. The Morgan fingerprint density at radius 3 is 2.50 bits per heavy atom. The van der Waals surface area contributed by atoms with Crippen molar-refractivity contribution in [1.82, 2.24) is 0 Å². The van der Waals surface area contributed by atoms with Crippen LogP contribution < -0.4 is 0 Å². The number of esters is 1. The molecule has 0 fully saturated rings. The van der Waals surface area contributed by atoms with Gasteiger partial charge in [0.2, 0.25) is 0 Å². The van der Waals surface area contributed by atoms with Crippen LogP contribution in [0.3, 0.4) is 0 Å². The van der Waals surface area contributed by atoms with Gasteiger partial charge in [0, 0.05) is 10.9 Å². The van der Waals surface area contributed by atoms with E-state index in [2.05, 4.69) is 20.7 Å². The van der Waals surface area contributed by atoms with Gasteiger partial charge in [0.15, 0.2) is 0 Å². The summed E-state index contributed by atoms with van der Waals surface area (Å²) in [5.74, 6) is -1.65. The van der Waals surface area contributed by atoms with Crippen molar-refractivity contribution in [2.45, 2.75) is 6.42 Å². The number of alkyl halides is 1. The quantitative estimate of drug-likeness (QED) is 0.449. The normalized spacial score (nSPS) is 11.0. The van der Waals surface area contributed by atoms with E-state index in [0.29, 0.717) is 5.33 Å². The highest BCUT2D eigenvalue weighted by Gasteiger charge is 2.11. The minimum absolute atomic E-state index is 0.0405. The molecule has 0 aromatic rings. The van der Waals surface area contributed by atoms with Gasteiger partial charge in [0.25, 0.3) is 0 Å². The van der Waals surface area contributed by atoms with E-state index in [1.165, 1.54) is 13.2 Å². The first-order valence-corrected chi connectivity index (χ1v) is 4.29. The van der Waals surface area contributed by atoms with E-state index >= 15 is 0 Å². The highest BCUT2D eigenvalue weighted by Crippen LogP contribution is 2.03. The Balaban J connectivity index is 4.24. The number of hydrogen-bond donors (Lipinski definition) is 1. The number of hydrogen-bond acceptors (Lipinski definition) is 3. The molecule has 0 saturated carbocycles. The van der Waals surface area contributed by atoms with E-state index in [1.807, 2.05) is 0 Å². The van der Waals surface area contributed by atoms with Crippen LogP contribution in [-0.2, 0) is 14.3 Å². The summed E-state index contributed by atoms with van der Waals surface area (Å²) in [6.45, 7) is 0. The van der Waals surface area contributed by atoms with Crippen LogP contribution in [0.5, 0.6) is 0 Å². The Labute approximate surface area is 78.3 Å². The van der Waals surface area contributed by atoms with Gasteiger partial charge in [-0.1, -0.05) is 22.0 Å². The van der Waals surface area contributed by atoms with Crippen LogP contribution >= 0.6 is 15.9 Å². The van der Waals surface area contributed by atoms with Crippen molar-refractivity contribution < 1.29 is 19.4 Å². The highest BCUT2D eigenvalue weighted by atomic mass is 79.9. The Morgan fingerprint density at radius 1 is 1.58 bits per heavy atom. The Kier molecular flexibility index (Phi) is 5.36. The lowest BCUT2D eigenvalue weighted by atomic mass is 10.2. The summed E-state index contributed by atoms with van der Waals surface area (Å²) in [7, 11) is 1.22. The molecule has 5 heteroatoms. The predicted octanol–water partition coefficient (Wildman–Crippen LogP) is 0.955. The summed E-state index contributed by atoms with van der Waals surface area (Å²) in [5.41, 5.74) is 0.0405. The van der Waals surface area contributed by atoms with Crippen LogP contribution in [0.25, 0.3) is 0 Å². The lowest BCUT2D eigenvalue weighted by molar-refractivity contribution is -0.142. The van der Waals surface area contributed by atoms with E-state index < -0.39 is 11.9 Å². The van der Waals surface area contributed by atoms with Gasteiger partial charge < -0.3 is 9.84 Å². The first-order valence-electron chi connectivity index (χ1n) is 3.17. The van der Waals surface area contributed by atoms with E-state index in [0.717, 1.165) is 0 Å². The van der Waals surface area contributed by atoms with E-state index in [-0.39, 0.29) is 12.0 Å². The SMILES string of the molecule is COC(=O)CC(=CCBr)C(=O)O. The molecular weight excluding hydrogens is 228 g/mol. The van der Waals surface area contributed by atoms with Gasteiger partial charge in [0.05, 0.1) is 13.5 Å². The maximum Gasteiger partial charge on any atom is 0.331 e. The third kappa shape index (κ3) is 4.12. The van der Waals surface area contributed by atoms with Gasteiger partial charge in [-0.15, -0.1) is 0 Å². The van der Waals surface area contributed by atoms with Crippen molar-refractivity contribution in [1.29, 1.82) is 0 Å². The number of carbonyl (C=O) groups is 2. The predicted molar refractivity (Wildman–Crippen MR) is 46.1 cm³/mol. The number of rotatable bonds is 4. The largest absolute Gasteiger partial charge is 0.478 e. The van der Waals surface area contributed by atoms with Crippen molar-refractivity contribution in [2.24, 2.45) is 0 Å². The zero-order valence-electron chi connectivity index (χ0n) is 6.54. The molecule has 0 unspecified atom stereocenters. The average molecular weight is 237 g/mol. The van der Waals surface area contributed by atoms with Gasteiger partial charge in [-0.2, -0.15) is 0 Å². The third-order valence-electron chi connectivity index (χ3n) is 1.16. The molecule has 0 bridgehead atoms. The Hall–Kier alpha value is -0.840. The third-order valence-corrected chi connectivity index (χ3v) is 1.48. The highest BCUT2D eigenvalue weighted by molar-refractivity contribution is 9.09. The van der Waals surface area contributed by atoms with Gasteiger partial charge in [-0.05, 0) is 0 Å². The van der Waals surface area contributed by atoms with Gasteiger partial charge in [-0.3, -0.25) is 4.79 Å².